The van der Waals surface area contributed by atoms with Gasteiger partial charge in [-0.25, -0.2) is 12.8 Å². The molecule has 8 heteroatoms. The van der Waals surface area contributed by atoms with Gasteiger partial charge < -0.3 is 10.1 Å². The first-order valence-electron chi connectivity index (χ1n) is 8.36. The number of halogens is 1. The molecule has 0 unspecified atom stereocenters. The highest BCUT2D eigenvalue weighted by atomic mass is 32.2. The third-order valence-corrected chi connectivity index (χ3v) is 6.61. The van der Waals surface area contributed by atoms with E-state index in [0.717, 1.165) is 5.56 Å². The van der Waals surface area contributed by atoms with Crippen LogP contribution in [0.2, 0.25) is 0 Å². The molecule has 0 aromatic heterocycles. The molecule has 0 radical (unpaired) electrons. The molecule has 2 atom stereocenters. The van der Waals surface area contributed by atoms with E-state index in [-0.39, 0.29) is 35.9 Å². The zero-order chi connectivity index (χ0) is 18.1. The number of hydrogen-bond acceptors (Lipinski definition) is 5. The lowest BCUT2D eigenvalue weighted by atomic mass is 10.0. The smallest absolute Gasteiger partial charge is 0.234 e. The summed E-state index contributed by atoms with van der Waals surface area (Å²) in [6.07, 6.45) is 0.243. The monoisotopic (exact) mass is 370 g/mol. The van der Waals surface area contributed by atoms with Gasteiger partial charge in [0.2, 0.25) is 5.91 Å². The molecule has 1 aromatic carbocycles. The van der Waals surface area contributed by atoms with Crippen molar-refractivity contribution in [2.45, 2.75) is 25.0 Å². The van der Waals surface area contributed by atoms with Gasteiger partial charge in [0.15, 0.2) is 9.84 Å². The maximum absolute atomic E-state index is 13.0. The van der Waals surface area contributed by atoms with Gasteiger partial charge in [0, 0.05) is 13.1 Å². The number of nitrogens with one attached hydrogen (secondary N) is 1. The zero-order valence-corrected chi connectivity index (χ0v) is 15.0. The highest BCUT2D eigenvalue weighted by molar-refractivity contribution is 7.91. The van der Waals surface area contributed by atoms with Crippen molar-refractivity contribution in [3.63, 3.8) is 0 Å². The summed E-state index contributed by atoms with van der Waals surface area (Å²) in [5.74, 6) is -0.365. The van der Waals surface area contributed by atoms with Gasteiger partial charge in [0.05, 0.1) is 36.3 Å². The Bertz CT molecular complexity index is 738. The van der Waals surface area contributed by atoms with E-state index in [1.54, 1.807) is 19.1 Å². The second-order valence-corrected chi connectivity index (χ2v) is 9.28. The molecule has 1 amide bonds. The lowest BCUT2D eigenvalue weighted by molar-refractivity contribution is -0.125. The fourth-order valence-corrected chi connectivity index (χ4v) is 5.51. The van der Waals surface area contributed by atoms with Crippen LogP contribution in [0.3, 0.4) is 0 Å². The minimum Gasteiger partial charge on any atom is -0.371 e. The number of carbonyl (C=O) groups is 1. The van der Waals surface area contributed by atoms with Crippen molar-refractivity contribution in [3.8, 4) is 0 Å². The molecule has 2 saturated heterocycles. The van der Waals surface area contributed by atoms with Gasteiger partial charge in [-0.3, -0.25) is 9.69 Å². The predicted octanol–water partition coefficient (Wildman–Crippen LogP) is 0.892. The summed E-state index contributed by atoms with van der Waals surface area (Å²) in [6, 6.07) is 6.17. The fraction of sp³-hybridized carbons (Fsp3) is 0.588. The molecule has 1 N–H and O–H groups in total. The number of rotatable bonds is 4. The first kappa shape index (κ1) is 18.3. The number of nitrogens with zero attached hydrogens (tertiary/aromatic N) is 1. The van der Waals surface area contributed by atoms with Gasteiger partial charge in [0.1, 0.15) is 5.82 Å². The summed E-state index contributed by atoms with van der Waals surface area (Å²) in [5.41, 5.74) is 0.193. The molecule has 0 aliphatic carbocycles. The van der Waals surface area contributed by atoms with E-state index in [2.05, 4.69) is 5.32 Å². The summed E-state index contributed by atoms with van der Waals surface area (Å²) in [6.45, 7) is 3.61. The fourth-order valence-electron chi connectivity index (χ4n) is 3.41. The SMILES string of the molecule is C[C@]1(NC(=O)CN2CCO[C@H](c3ccc(F)cc3)C2)CCS(=O)(=O)C1. The number of benzene rings is 1. The standard InChI is InChI=1S/C17H23FN2O4S/c1-17(6-9-25(22,23)12-17)19-16(21)11-20-7-8-24-15(10-20)13-2-4-14(18)5-3-13/h2-5,15H,6-12H2,1H3,(H,19,21)/t15-,17-/m0/s1. The molecule has 0 bridgehead atoms. The molecular weight excluding hydrogens is 347 g/mol. The first-order valence-corrected chi connectivity index (χ1v) is 10.2. The van der Waals surface area contributed by atoms with Crippen molar-refractivity contribution in [2.24, 2.45) is 0 Å². The Morgan fingerprint density at radius 1 is 1.40 bits per heavy atom. The van der Waals surface area contributed by atoms with Crippen LogP contribution in [-0.2, 0) is 19.4 Å². The highest BCUT2D eigenvalue weighted by Crippen LogP contribution is 2.24. The van der Waals surface area contributed by atoms with E-state index in [9.17, 15) is 17.6 Å². The molecular formula is C17H23FN2O4S. The Kier molecular flexibility index (Phi) is 5.13. The molecule has 0 saturated carbocycles. The van der Waals surface area contributed by atoms with Crippen LogP contribution in [0.15, 0.2) is 24.3 Å². The topological polar surface area (TPSA) is 75.7 Å². The quantitative estimate of drug-likeness (QED) is 0.852. The average Bonchev–Trinajstić information content (AvgIpc) is 2.81. The largest absolute Gasteiger partial charge is 0.371 e. The first-order chi connectivity index (χ1) is 11.7. The second kappa shape index (κ2) is 7.01. The summed E-state index contributed by atoms with van der Waals surface area (Å²) in [5, 5.41) is 2.87. The van der Waals surface area contributed by atoms with Crippen molar-refractivity contribution in [1.82, 2.24) is 10.2 Å². The number of ether oxygens (including phenoxy) is 1. The lowest BCUT2D eigenvalue weighted by Gasteiger charge is -2.33. The normalized spacial score (nSPS) is 29.4. The number of sulfone groups is 1. The number of carbonyl (C=O) groups excluding carboxylic acids is 1. The van der Waals surface area contributed by atoms with Crippen LogP contribution in [0.25, 0.3) is 0 Å². The van der Waals surface area contributed by atoms with E-state index < -0.39 is 15.4 Å². The van der Waals surface area contributed by atoms with Crippen LogP contribution < -0.4 is 5.32 Å². The van der Waals surface area contributed by atoms with Crippen molar-refractivity contribution in [1.29, 1.82) is 0 Å². The zero-order valence-electron chi connectivity index (χ0n) is 14.2. The van der Waals surface area contributed by atoms with Crippen molar-refractivity contribution >= 4 is 15.7 Å². The third kappa shape index (κ3) is 4.77. The van der Waals surface area contributed by atoms with E-state index in [0.29, 0.717) is 26.1 Å². The molecule has 2 heterocycles. The van der Waals surface area contributed by atoms with Crippen LogP contribution in [0.4, 0.5) is 4.39 Å². The molecule has 2 aliphatic heterocycles. The third-order valence-electron chi connectivity index (χ3n) is 4.70. The molecule has 0 spiro atoms. The van der Waals surface area contributed by atoms with Gasteiger partial charge in [-0.15, -0.1) is 0 Å². The second-order valence-electron chi connectivity index (χ2n) is 7.10. The Balaban J connectivity index is 1.55. The Morgan fingerprint density at radius 2 is 2.12 bits per heavy atom. The Morgan fingerprint density at radius 3 is 2.76 bits per heavy atom. The van der Waals surface area contributed by atoms with Crippen LogP contribution in [0, 0.1) is 5.82 Å². The maximum Gasteiger partial charge on any atom is 0.234 e. The van der Waals surface area contributed by atoms with E-state index in [1.807, 2.05) is 4.90 Å². The summed E-state index contributed by atoms with van der Waals surface area (Å²) >= 11 is 0. The minimum atomic E-state index is -3.06. The molecule has 6 nitrogen and oxygen atoms in total. The highest BCUT2D eigenvalue weighted by Gasteiger charge is 2.39. The van der Waals surface area contributed by atoms with Crippen LogP contribution >= 0.6 is 0 Å². The molecule has 25 heavy (non-hydrogen) atoms. The summed E-state index contributed by atoms with van der Waals surface area (Å²) < 4.78 is 42.0. The predicted molar refractivity (Wildman–Crippen MR) is 91.4 cm³/mol. The van der Waals surface area contributed by atoms with Gasteiger partial charge in [-0.05, 0) is 31.0 Å². The van der Waals surface area contributed by atoms with Gasteiger partial charge in [0.25, 0.3) is 0 Å². The molecule has 2 fully saturated rings. The minimum absolute atomic E-state index is 0.00689. The molecule has 138 valence electrons. The Labute approximate surface area is 147 Å². The van der Waals surface area contributed by atoms with Crippen LogP contribution in [0.1, 0.15) is 25.0 Å². The average molecular weight is 370 g/mol. The van der Waals surface area contributed by atoms with Crippen molar-refractivity contribution in [3.05, 3.63) is 35.6 Å². The molecule has 2 aliphatic rings. The summed E-state index contributed by atoms with van der Waals surface area (Å²) in [4.78, 5) is 14.3. The van der Waals surface area contributed by atoms with E-state index in [4.69, 9.17) is 4.74 Å². The summed E-state index contributed by atoms with van der Waals surface area (Å²) in [7, 11) is -3.06. The van der Waals surface area contributed by atoms with Gasteiger partial charge >= 0.3 is 0 Å². The number of amides is 1. The number of morpholine rings is 1. The number of hydrogen-bond donors (Lipinski definition) is 1. The molecule has 3 rings (SSSR count). The van der Waals surface area contributed by atoms with Crippen LogP contribution in [0.5, 0.6) is 0 Å². The van der Waals surface area contributed by atoms with Gasteiger partial charge in [-0.2, -0.15) is 0 Å². The van der Waals surface area contributed by atoms with Gasteiger partial charge in [-0.1, -0.05) is 12.1 Å². The van der Waals surface area contributed by atoms with Crippen LogP contribution in [-0.4, -0.2) is 62.5 Å². The van der Waals surface area contributed by atoms with E-state index in [1.165, 1.54) is 12.1 Å². The Hall–Kier alpha value is -1.51. The maximum atomic E-state index is 13.0. The van der Waals surface area contributed by atoms with Crippen molar-refractivity contribution < 1.29 is 22.3 Å². The van der Waals surface area contributed by atoms with E-state index >= 15 is 0 Å². The van der Waals surface area contributed by atoms with Crippen molar-refractivity contribution in [2.75, 3.05) is 37.7 Å². The lowest BCUT2D eigenvalue weighted by Crippen LogP contribution is -2.51. The molecule has 1 aromatic rings.